The lowest BCUT2D eigenvalue weighted by atomic mass is 10.9. The fraction of sp³-hybridized carbons (Fsp3) is 1.00. The van der Waals surface area contributed by atoms with Gasteiger partial charge >= 0.3 is 7.87 Å². The Bertz CT molecular complexity index is 85.7. The second-order valence-corrected chi connectivity index (χ2v) is 6.35. The molecule has 0 heterocycles. The van der Waals surface area contributed by atoms with Crippen LogP contribution < -0.4 is 0 Å². The van der Waals surface area contributed by atoms with Crippen molar-refractivity contribution < 1.29 is 8.85 Å². The van der Waals surface area contributed by atoms with Gasteiger partial charge in [-0.05, 0) is 13.8 Å². The van der Waals surface area contributed by atoms with Gasteiger partial charge in [0.05, 0.1) is 5.50 Å². The topological polar surface area (TPSA) is 18.5 Å². The summed E-state index contributed by atoms with van der Waals surface area (Å²) >= 11 is 11.4. The summed E-state index contributed by atoms with van der Waals surface area (Å²) in [5.41, 5.74) is 0.274. The molecule has 0 fully saturated rings. The molecule has 10 heavy (non-hydrogen) atoms. The Balaban J connectivity index is 3.69. The molecule has 0 atom stereocenters. The minimum Gasteiger partial charge on any atom is -0.383 e. The lowest BCUT2D eigenvalue weighted by molar-refractivity contribution is 0.208. The van der Waals surface area contributed by atoms with Gasteiger partial charge in [0, 0.05) is 13.2 Å². The van der Waals surface area contributed by atoms with Gasteiger partial charge in [-0.3, -0.25) is 0 Å². The summed E-state index contributed by atoms with van der Waals surface area (Å²) in [6.45, 7) is 4.86. The maximum Gasteiger partial charge on any atom is 0.458 e. The van der Waals surface area contributed by atoms with Crippen LogP contribution in [0.25, 0.3) is 0 Å². The molecule has 0 bridgehead atoms. The van der Waals surface area contributed by atoms with Crippen molar-refractivity contribution in [2.45, 2.75) is 13.8 Å². The molecule has 0 aliphatic heterocycles. The highest BCUT2D eigenvalue weighted by atomic mass is 35.6. The van der Waals surface area contributed by atoms with E-state index in [1.165, 1.54) is 0 Å². The van der Waals surface area contributed by atoms with Crippen molar-refractivity contribution in [2.75, 3.05) is 18.7 Å². The van der Waals surface area contributed by atoms with E-state index < -0.39 is 7.87 Å². The third-order valence-corrected chi connectivity index (χ3v) is 5.16. The zero-order valence-corrected chi connectivity index (χ0v) is 8.71. The highest BCUT2D eigenvalue weighted by molar-refractivity contribution is 7.15. The highest BCUT2D eigenvalue weighted by Gasteiger charge is 2.33. The first-order chi connectivity index (χ1) is 4.68. The third-order valence-electron chi connectivity index (χ3n) is 0.879. The molecular formula is C5H12Cl2O2Si. The molecule has 2 nitrogen and oxygen atoms in total. The predicted molar refractivity (Wildman–Crippen MR) is 45.6 cm³/mol. The Kier molecular flexibility index (Phi) is 5.76. The summed E-state index contributed by atoms with van der Waals surface area (Å²) in [6.07, 6.45) is 0. The summed E-state index contributed by atoms with van der Waals surface area (Å²) in [5.74, 6) is 0. The predicted octanol–water partition coefficient (Wildman–Crippen LogP) is 2.02. The van der Waals surface area contributed by atoms with Crippen molar-refractivity contribution in [2.24, 2.45) is 0 Å². The summed E-state index contributed by atoms with van der Waals surface area (Å²) in [4.78, 5) is 0. The second-order valence-electron chi connectivity index (χ2n) is 1.66. The van der Waals surface area contributed by atoms with Gasteiger partial charge in [-0.1, -0.05) is 11.1 Å². The van der Waals surface area contributed by atoms with Gasteiger partial charge in [0.15, 0.2) is 0 Å². The van der Waals surface area contributed by atoms with Gasteiger partial charge in [0.1, 0.15) is 0 Å². The van der Waals surface area contributed by atoms with E-state index in [-0.39, 0.29) is 5.50 Å². The first kappa shape index (κ1) is 10.7. The van der Waals surface area contributed by atoms with Crippen molar-refractivity contribution in [1.82, 2.24) is 0 Å². The van der Waals surface area contributed by atoms with E-state index in [1.807, 2.05) is 13.8 Å². The zero-order valence-electron chi connectivity index (χ0n) is 6.19. The van der Waals surface area contributed by atoms with Crippen LogP contribution in [0.3, 0.4) is 0 Å². The fourth-order valence-corrected chi connectivity index (χ4v) is 2.77. The monoisotopic (exact) mass is 202 g/mol. The Morgan fingerprint density at radius 2 is 1.60 bits per heavy atom. The molecule has 0 unspecified atom stereocenters. The van der Waals surface area contributed by atoms with Gasteiger partial charge in [-0.25, -0.2) is 0 Å². The Morgan fingerprint density at radius 1 is 1.20 bits per heavy atom. The van der Waals surface area contributed by atoms with E-state index in [2.05, 4.69) is 0 Å². The van der Waals surface area contributed by atoms with E-state index in [0.29, 0.717) is 13.2 Å². The summed E-state index contributed by atoms with van der Waals surface area (Å²) in [6, 6.07) is 0. The van der Waals surface area contributed by atoms with Crippen LogP contribution in [0.15, 0.2) is 0 Å². The van der Waals surface area contributed by atoms with Crippen LogP contribution in [-0.2, 0) is 8.85 Å². The number of alkyl halides is 1. The summed E-state index contributed by atoms with van der Waals surface area (Å²) in [7, 11) is -2.49. The van der Waals surface area contributed by atoms with Crippen LogP contribution in [0.4, 0.5) is 0 Å². The van der Waals surface area contributed by atoms with Crippen molar-refractivity contribution in [1.29, 1.82) is 0 Å². The Hall–Kier alpha value is 0.717. The molecule has 0 saturated carbocycles. The van der Waals surface area contributed by atoms with Crippen LogP contribution in [0.5, 0.6) is 0 Å². The van der Waals surface area contributed by atoms with Crippen LogP contribution in [-0.4, -0.2) is 26.6 Å². The first-order valence-electron chi connectivity index (χ1n) is 3.21. The second kappa shape index (κ2) is 5.38. The smallest absolute Gasteiger partial charge is 0.383 e. The molecule has 0 aromatic heterocycles. The average molecular weight is 203 g/mol. The molecule has 0 aliphatic rings. The molecule has 0 aliphatic carbocycles. The van der Waals surface area contributed by atoms with Crippen LogP contribution in [0.1, 0.15) is 13.8 Å². The van der Waals surface area contributed by atoms with Gasteiger partial charge in [0.25, 0.3) is 0 Å². The third kappa shape index (κ3) is 3.78. The van der Waals surface area contributed by atoms with Crippen LogP contribution in [0.2, 0.25) is 0 Å². The maximum atomic E-state index is 5.89. The Morgan fingerprint density at radius 3 is 1.80 bits per heavy atom. The SMILES string of the molecule is CCO[Si](Cl)(CCl)OCC. The van der Waals surface area contributed by atoms with Crippen molar-refractivity contribution >= 4 is 30.6 Å². The van der Waals surface area contributed by atoms with Crippen molar-refractivity contribution in [3.05, 3.63) is 0 Å². The van der Waals surface area contributed by atoms with Crippen molar-refractivity contribution in [3.63, 3.8) is 0 Å². The molecular weight excluding hydrogens is 191 g/mol. The lowest BCUT2D eigenvalue weighted by Gasteiger charge is -2.19. The number of hydrogen-bond acceptors (Lipinski definition) is 2. The molecule has 0 rings (SSSR count). The summed E-state index contributed by atoms with van der Waals surface area (Å²) < 4.78 is 10.3. The average Bonchev–Trinajstić information content (AvgIpc) is 1.89. The van der Waals surface area contributed by atoms with E-state index in [4.69, 9.17) is 31.5 Å². The summed E-state index contributed by atoms with van der Waals surface area (Å²) in [5, 5.41) is 0. The normalized spacial score (nSPS) is 12.0. The van der Waals surface area contributed by atoms with Crippen LogP contribution >= 0.6 is 22.7 Å². The number of hydrogen-bond donors (Lipinski definition) is 0. The van der Waals surface area contributed by atoms with Gasteiger partial charge in [0.2, 0.25) is 0 Å². The molecule has 0 saturated heterocycles. The van der Waals surface area contributed by atoms with E-state index in [9.17, 15) is 0 Å². The molecule has 5 heteroatoms. The van der Waals surface area contributed by atoms with Gasteiger partial charge in [-0.2, -0.15) is 0 Å². The van der Waals surface area contributed by atoms with Gasteiger partial charge < -0.3 is 8.85 Å². The molecule has 0 N–H and O–H groups in total. The largest absolute Gasteiger partial charge is 0.458 e. The first-order valence-corrected chi connectivity index (χ1v) is 6.78. The van der Waals surface area contributed by atoms with E-state index in [1.54, 1.807) is 0 Å². The lowest BCUT2D eigenvalue weighted by Crippen LogP contribution is -2.38. The molecule has 0 aromatic rings. The number of halogens is 2. The highest BCUT2D eigenvalue weighted by Crippen LogP contribution is 2.14. The van der Waals surface area contributed by atoms with Crippen LogP contribution in [0, 0.1) is 0 Å². The fourth-order valence-electron chi connectivity index (χ4n) is 0.550. The zero-order chi connectivity index (χ0) is 8.04. The van der Waals surface area contributed by atoms with E-state index >= 15 is 0 Å². The standard InChI is InChI=1S/C5H12Cl2O2Si/c1-3-8-10(7,5-6)9-4-2/h3-5H2,1-2H3. The quantitative estimate of drug-likeness (QED) is 0.386. The van der Waals surface area contributed by atoms with Crippen molar-refractivity contribution in [3.8, 4) is 0 Å². The Labute approximate surface area is 72.4 Å². The van der Waals surface area contributed by atoms with Gasteiger partial charge in [-0.15, -0.1) is 11.6 Å². The molecule has 0 amide bonds. The molecule has 0 spiro atoms. The molecule has 62 valence electrons. The molecule has 0 aromatic carbocycles. The minimum atomic E-state index is -2.49. The number of rotatable bonds is 5. The minimum absolute atomic E-state index is 0.274. The van der Waals surface area contributed by atoms with E-state index in [0.717, 1.165) is 0 Å². The molecule has 0 radical (unpaired) electrons. The maximum absolute atomic E-state index is 5.89.